The standard InChI is InChI=1S/C26H34FNO2S/c1-18(2)20-7-6-19-8-13-24-25(3,14-5-15-26(24,4)23(19)16-20)17-28-31(29,30)22-11-9-21(27)10-12-22/h6-7,9-12,16,18,24,28H,5,8,13-15,17H2,1-4H3. The highest BCUT2D eigenvalue weighted by Crippen LogP contribution is 2.57. The number of nitrogens with one attached hydrogen (secondary N) is 1. The maximum Gasteiger partial charge on any atom is 0.240 e. The smallest absolute Gasteiger partial charge is 0.211 e. The zero-order chi connectivity index (χ0) is 22.4. The fourth-order valence-corrected chi connectivity index (χ4v) is 7.32. The highest BCUT2D eigenvalue weighted by atomic mass is 32.2. The maximum absolute atomic E-state index is 13.2. The lowest BCUT2D eigenvalue weighted by Crippen LogP contribution is -2.53. The summed E-state index contributed by atoms with van der Waals surface area (Å²) in [6, 6.07) is 12.0. The molecule has 0 radical (unpaired) electrons. The fourth-order valence-electron chi connectivity index (χ4n) is 6.14. The van der Waals surface area contributed by atoms with Gasteiger partial charge in [0.2, 0.25) is 10.0 Å². The van der Waals surface area contributed by atoms with Crippen molar-refractivity contribution in [1.29, 1.82) is 0 Å². The molecule has 1 N–H and O–H groups in total. The summed E-state index contributed by atoms with van der Waals surface area (Å²) in [6.45, 7) is 9.52. The van der Waals surface area contributed by atoms with Gasteiger partial charge in [-0.3, -0.25) is 0 Å². The minimum Gasteiger partial charge on any atom is -0.211 e. The van der Waals surface area contributed by atoms with Crippen LogP contribution in [0.3, 0.4) is 0 Å². The first kappa shape index (κ1) is 22.5. The molecule has 0 spiro atoms. The van der Waals surface area contributed by atoms with Crippen molar-refractivity contribution in [2.45, 2.75) is 76.0 Å². The van der Waals surface area contributed by atoms with Crippen molar-refractivity contribution in [3.05, 3.63) is 65.0 Å². The lowest BCUT2D eigenvalue weighted by Gasteiger charge is -2.55. The average Bonchev–Trinajstić information content (AvgIpc) is 2.72. The summed E-state index contributed by atoms with van der Waals surface area (Å²) in [5.41, 5.74) is 4.25. The molecule has 2 aliphatic carbocycles. The van der Waals surface area contributed by atoms with E-state index in [1.54, 1.807) is 0 Å². The van der Waals surface area contributed by atoms with Crippen molar-refractivity contribution in [3.63, 3.8) is 0 Å². The Kier molecular flexibility index (Phi) is 5.80. The summed E-state index contributed by atoms with van der Waals surface area (Å²) < 4.78 is 41.8. The van der Waals surface area contributed by atoms with Crippen LogP contribution in [-0.4, -0.2) is 15.0 Å². The van der Waals surface area contributed by atoms with Gasteiger partial charge in [0, 0.05) is 6.54 Å². The molecule has 0 aliphatic heterocycles. The van der Waals surface area contributed by atoms with Gasteiger partial charge in [0.1, 0.15) is 5.82 Å². The van der Waals surface area contributed by atoms with Gasteiger partial charge in [-0.15, -0.1) is 0 Å². The molecule has 0 saturated heterocycles. The van der Waals surface area contributed by atoms with Crippen LogP contribution in [0.5, 0.6) is 0 Å². The molecule has 2 aromatic rings. The summed E-state index contributed by atoms with van der Waals surface area (Å²) in [7, 11) is -3.67. The summed E-state index contributed by atoms with van der Waals surface area (Å²) in [5.74, 6) is 0.474. The molecule has 0 aromatic heterocycles. The molecule has 3 atom stereocenters. The molecular weight excluding hydrogens is 409 g/mol. The number of rotatable bonds is 5. The van der Waals surface area contributed by atoms with Gasteiger partial charge in [0.05, 0.1) is 4.90 Å². The minimum atomic E-state index is -3.67. The van der Waals surface area contributed by atoms with E-state index in [4.69, 9.17) is 0 Å². The molecule has 31 heavy (non-hydrogen) atoms. The Bertz CT molecular complexity index is 1060. The minimum absolute atomic E-state index is 0.0623. The van der Waals surface area contributed by atoms with Crippen LogP contribution in [0.1, 0.15) is 76.0 Å². The normalized spacial score (nSPS) is 28.3. The highest BCUT2D eigenvalue weighted by Gasteiger charge is 2.51. The molecule has 0 amide bonds. The molecule has 1 saturated carbocycles. The topological polar surface area (TPSA) is 46.2 Å². The number of fused-ring (bicyclic) bond motifs is 3. The Balaban J connectivity index is 1.61. The van der Waals surface area contributed by atoms with Crippen molar-refractivity contribution >= 4 is 10.0 Å². The first-order chi connectivity index (χ1) is 14.6. The Hall–Kier alpha value is -1.72. The molecule has 2 aliphatic rings. The van der Waals surface area contributed by atoms with E-state index in [-0.39, 0.29) is 15.7 Å². The molecule has 5 heteroatoms. The summed E-state index contributed by atoms with van der Waals surface area (Å²) >= 11 is 0. The average molecular weight is 444 g/mol. The summed E-state index contributed by atoms with van der Waals surface area (Å²) in [6.07, 6.45) is 5.38. The van der Waals surface area contributed by atoms with E-state index in [1.807, 2.05) is 0 Å². The van der Waals surface area contributed by atoms with Crippen molar-refractivity contribution in [3.8, 4) is 0 Å². The summed E-state index contributed by atoms with van der Waals surface area (Å²) in [5, 5.41) is 0. The number of halogens is 1. The second kappa shape index (κ2) is 8.00. The lowest BCUT2D eigenvalue weighted by atomic mass is 9.49. The zero-order valence-electron chi connectivity index (χ0n) is 19.0. The second-order valence-electron chi connectivity index (χ2n) is 10.4. The number of aryl methyl sites for hydroxylation is 1. The summed E-state index contributed by atoms with van der Waals surface area (Å²) in [4.78, 5) is 0.117. The van der Waals surface area contributed by atoms with Gasteiger partial charge in [0.25, 0.3) is 0 Å². The van der Waals surface area contributed by atoms with Gasteiger partial charge < -0.3 is 0 Å². The number of benzene rings is 2. The Morgan fingerprint density at radius 3 is 2.48 bits per heavy atom. The number of hydrogen-bond acceptors (Lipinski definition) is 2. The third-order valence-electron chi connectivity index (χ3n) is 7.96. The lowest BCUT2D eigenvalue weighted by molar-refractivity contribution is 0.0298. The quantitative estimate of drug-likeness (QED) is 0.622. The second-order valence-corrected chi connectivity index (χ2v) is 12.1. The predicted octanol–water partition coefficient (Wildman–Crippen LogP) is 5.94. The van der Waals surface area contributed by atoms with E-state index in [0.717, 1.165) is 32.1 Å². The van der Waals surface area contributed by atoms with E-state index >= 15 is 0 Å². The first-order valence-corrected chi connectivity index (χ1v) is 12.9. The van der Waals surface area contributed by atoms with Crippen molar-refractivity contribution in [1.82, 2.24) is 4.72 Å². The zero-order valence-corrected chi connectivity index (χ0v) is 19.9. The molecule has 168 valence electrons. The molecule has 0 heterocycles. The largest absolute Gasteiger partial charge is 0.240 e. The highest BCUT2D eigenvalue weighted by molar-refractivity contribution is 7.89. The van der Waals surface area contributed by atoms with E-state index in [1.165, 1.54) is 41.0 Å². The Morgan fingerprint density at radius 2 is 1.81 bits per heavy atom. The molecule has 1 fully saturated rings. The van der Waals surface area contributed by atoms with Gasteiger partial charge in [-0.25, -0.2) is 17.5 Å². The number of sulfonamides is 1. The molecule has 0 bridgehead atoms. The van der Waals surface area contributed by atoms with Gasteiger partial charge in [-0.05, 0) is 89.3 Å². The van der Waals surface area contributed by atoms with Crippen LogP contribution in [0, 0.1) is 17.2 Å². The van der Waals surface area contributed by atoms with E-state index in [9.17, 15) is 12.8 Å². The number of hydrogen-bond donors (Lipinski definition) is 1. The monoisotopic (exact) mass is 443 g/mol. The molecule has 4 rings (SSSR count). The van der Waals surface area contributed by atoms with Gasteiger partial charge in [-0.2, -0.15) is 0 Å². The predicted molar refractivity (Wildman–Crippen MR) is 123 cm³/mol. The first-order valence-electron chi connectivity index (χ1n) is 11.4. The third kappa shape index (κ3) is 4.07. The van der Waals surface area contributed by atoms with E-state index in [2.05, 4.69) is 50.6 Å². The van der Waals surface area contributed by atoms with Crippen LogP contribution >= 0.6 is 0 Å². The fraction of sp³-hybridized carbons (Fsp3) is 0.538. The van der Waals surface area contributed by atoms with Gasteiger partial charge >= 0.3 is 0 Å². The van der Waals surface area contributed by atoms with Gasteiger partial charge in [0.15, 0.2) is 0 Å². The molecule has 3 unspecified atom stereocenters. The van der Waals surface area contributed by atoms with Crippen LogP contribution in [0.15, 0.2) is 47.4 Å². The van der Waals surface area contributed by atoms with Crippen LogP contribution in [0.25, 0.3) is 0 Å². The maximum atomic E-state index is 13.2. The van der Waals surface area contributed by atoms with Crippen molar-refractivity contribution in [2.75, 3.05) is 6.54 Å². The SMILES string of the molecule is CC(C)c1ccc2c(c1)C1(C)CCCC(C)(CNS(=O)(=O)c3ccc(F)cc3)C1CC2. The third-order valence-corrected chi connectivity index (χ3v) is 9.38. The van der Waals surface area contributed by atoms with Crippen molar-refractivity contribution in [2.24, 2.45) is 11.3 Å². The molecule has 2 aromatic carbocycles. The van der Waals surface area contributed by atoms with Crippen LogP contribution in [0.4, 0.5) is 4.39 Å². The van der Waals surface area contributed by atoms with Crippen LogP contribution < -0.4 is 4.72 Å². The van der Waals surface area contributed by atoms with Gasteiger partial charge in [-0.1, -0.05) is 52.3 Å². The Morgan fingerprint density at radius 1 is 1.10 bits per heavy atom. The Labute approximate surface area is 186 Å². The van der Waals surface area contributed by atoms with Crippen LogP contribution in [-0.2, 0) is 21.9 Å². The van der Waals surface area contributed by atoms with E-state index < -0.39 is 15.8 Å². The van der Waals surface area contributed by atoms with E-state index in [0.29, 0.717) is 18.4 Å². The van der Waals surface area contributed by atoms with Crippen molar-refractivity contribution < 1.29 is 12.8 Å². The molecule has 3 nitrogen and oxygen atoms in total. The molecular formula is C26H34FNO2S. The van der Waals surface area contributed by atoms with Crippen LogP contribution in [0.2, 0.25) is 0 Å².